The van der Waals surface area contributed by atoms with Crippen LogP contribution in [0.3, 0.4) is 0 Å². The topological polar surface area (TPSA) is 62.3 Å². The van der Waals surface area contributed by atoms with Crippen molar-refractivity contribution in [2.75, 3.05) is 18.4 Å². The van der Waals surface area contributed by atoms with Gasteiger partial charge >= 0.3 is 0 Å². The molecule has 1 fully saturated rings. The fourth-order valence-corrected chi connectivity index (χ4v) is 3.71. The summed E-state index contributed by atoms with van der Waals surface area (Å²) < 4.78 is 0. The number of hydrogen-bond donors (Lipinski definition) is 1. The summed E-state index contributed by atoms with van der Waals surface area (Å²) in [6.07, 6.45) is 0.248. The Morgan fingerprint density at radius 1 is 1.46 bits per heavy atom. The number of carbonyl (C=O) groups is 2. The minimum absolute atomic E-state index is 0.0168. The normalized spacial score (nSPS) is 17.4. The van der Waals surface area contributed by atoms with E-state index in [2.05, 4.69) is 10.3 Å². The first-order chi connectivity index (χ1) is 11.5. The van der Waals surface area contributed by atoms with Gasteiger partial charge in [0.2, 0.25) is 11.8 Å². The molecule has 1 aliphatic rings. The van der Waals surface area contributed by atoms with Crippen molar-refractivity contribution in [2.24, 2.45) is 5.92 Å². The molecule has 0 radical (unpaired) electrons. The van der Waals surface area contributed by atoms with E-state index in [1.54, 1.807) is 23.1 Å². The van der Waals surface area contributed by atoms with Gasteiger partial charge < -0.3 is 10.2 Å². The number of aromatic nitrogens is 1. The number of benzene rings is 1. The standard InChI is InChI=1S/C16H15Cl2N3O2S/c1-2-21-7-9(5-14(21)22)15(23)20-16-19-13(8-24-16)11-6-10(17)3-4-12(11)18/h3-4,6,8-9H,2,5,7H2,1H3,(H,19,20,23). The van der Waals surface area contributed by atoms with E-state index < -0.39 is 0 Å². The highest BCUT2D eigenvalue weighted by Crippen LogP contribution is 2.33. The number of amides is 2. The molecule has 126 valence electrons. The predicted molar refractivity (Wildman–Crippen MR) is 96.6 cm³/mol. The summed E-state index contributed by atoms with van der Waals surface area (Å²) in [5, 5.41) is 6.19. The molecule has 2 aromatic rings. The van der Waals surface area contributed by atoms with Crippen LogP contribution in [-0.2, 0) is 9.59 Å². The van der Waals surface area contributed by atoms with E-state index in [4.69, 9.17) is 23.2 Å². The van der Waals surface area contributed by atoms with Crippen LogP contribution in [0.1, 0.15) is 13.3 Å². The van der Waals surface area contributed by atoms with E-state index in [1.165, 1.54) is 11.3 Å². The second-order valence-electron chi connectivity index (χ2n) is 5.48. The third-order valence-corrected chi connectivity index (χ3v) is 5.23. The van der Waals surface area contributed by atoms with E-state index >= 15 is 0 Å². The third-order valence-electron chi connectivity index (χ3n) is 3.91. The van der Waals surface area contributed by atoms with Gasteiger partial charge in [0.05, 0.1) is 16.6 Å². The summed E-state index contributed by atoms with van der Waals surface area (Å²) in [7, 11) is 0. The van der Waals surface area contributed by atoms with Gasteiger partial charge in [-0.3, -0.25) is 9.59 Å². The van der Waals surface area contributed by atoms with Crippen LogP contribution in [-0.4, -0.2) is 34.8 Å². The smallest absolute Gasteiger partial charge is 0.231 e. The summed E-state index contributed by atoms with van der Waals surface area (Å²) >= 11 is 13.5. The molecule has 5 nitrogen and oxygen atoms in total. The first-order valence-electron chi connectivity index (χ1n) is 7.47. The zero-order chi connectivity index (χ0) is 17.3. The van der Waals surface area contributed by atoms with E-state index in [1.807, 2.05) is 12.3 Å². The molecule has 0 spiro atoms. The number of carbonyl (C=O) groups excluding carboxylic acids is 2. The van der Waals surface area contributed by atoms with Gasteiger partial charge in [0.25, 0.3) is 0 Å². The highest BCUT2D eigenvalue weighted by Gasteiger charge is 2.33. The Bertz CT molecular complexity index is 793. The average molecular weight is 384 g/mol. The molecule has 1 aliphatic heterocycles. The van der Waals surface area contributed by atoms with E-state index in [0.717, 1.165) is 0 Å². The molecule has 2 heterocycles. The molecule has 0 aliphatic carbocycles. The van der Waals surface area contributed by atoms with Crippen molar-refractivity contribution in [3.8, 4) is 11.3 Å². The number of halogens is 2. The molecule has 2 amide bonds. The van der Waals surface area contributed by atoms with Crippen molar-refractivity contribution in [3.63, 3.8) is 0 Å². The summed E-state index contributed by atoms with van der Waals surface area (Å²) in [5.74, 6) is -0.500. The number of hydrogen-bond acceptors (Lipinski definition) is 4. The Balaban J connectivity index is 1.71. The van der Waals surface area contributed by atoms with Gasteiger partial charge in [-0.15, -0.1) is 11.3 Å². The maximum atomic E-state index is 12.3. The van der Waals surface area contributed by atoms with Crippen LogP contribution in [0.5, 0.6) is 0 Å². The summed E-state index contributed by atoms with van der Waals surface area (Å²) in [5.41, 5.74) is 1.37. The lowest BCUT2D eigenvalue weighted by Crippen LogP contribution is -2.28. The van der Waals surface area contributed by atoms with E-state index in [9.17, 15) is 9.59 Å². The van der Waals surface area contributed by atoms with Crippen molar-refractivity contribution in [1.29, 1.82) is 0 Å². The van der Waals surface area contributed by atoms with Crippen molar-refractivity contribution in [2.45, 2.75) is 13.3 Å². The molecule has 8 heteroatoms. The number of anilines is 1. The zero-order valence-electron chi connectivity index (χ0n) is 12.9. The molecule has 1 atom stereocenters. The largest absolute Gasteiger partial charge is 0.342 e. The fraction of sp³-hybridized carbons (Fsp3) is 0.312. The van der Waals surface area contributed by atoms with Crippen LogP contribution in [0, 0.1) is 5.92 Å². The molecule has 0 bridgehead atoms. The van der Waals surface area contributed by atoms with E-state index in [0.29, 0.717) is 39.5 Å². The maximum absolute atomic E-state index is 12.3. The fourth-order valence-electron chi connectivity index (χ4n) is 2.61. The highest BCUT2D eigenvalue weighted by molar-refractivity contribution is 7.14. The van der Waals surface area contributed by atoms with Gasteiger partial charge in [0.1, 0.15) is 0 Å². The van der Waals surface area contributed by atoms with Crippen LogP contribution in [0.4, 0.5) is 5.13 Å². The van der Waals surface area contributed by atoms with Crippen molar-refractivity contribution >= 4 is 51.5 Å². The molecule has 1 unspecified atom stereocenters. The number of likely N-dealkylation sites (tertiary alicyclic amines) is 1. The monoisotopic (exact) mass is 383 g/mol. The third kappa shape index (κ3) is 3.55. The van der Waals surface area contributed by atoms with Gasteiger partial charge in [0, 0.05) is 35.5 Å². The molecule has 0 saturated carbocycles. The van der Waals surface area contributed by atoms with Crippen molar-refractivity contribution in [1.82, 2.24) is 9.88 Å². The molecule has 3 rings (SSSR count). The quantitative estimate of drug-likeness (QED) is 0.869. The van der Waals surface area contributed by atoms with Crippen LogP contribution in [0.25, 0.3) is 11.3 Å². The predicted octanol–water partition coefficient (Wildman–Crippen LogP) is 3.92. The number of nitrogens with one attached hydrogen (secondary N) is 1. The van der Waals surface area contributed by atoms with Crippen LogP contribution in [0.2, 0.25) is 10.0 Å². The Morgan fingerprint density at radius 3 is 2.96 bits per heavy atom. The van der Waals surface area contributed by atoms with Crippen molar-refractivity contribution in [3.05, 3.63) is 33.6 Å². The summed E-state index contributed by atoms with van der Waals surface area (Å²) in [6, 6.07) is 5.15. The minimum Gasteiger partial charge on any atom is -0.342 e. The molecular weight excluding hydrogens is 369 g/mol. The summed E-state index contributed by atoms with van der Waals surface area (Å²) in [4.78, 5) is 30.1. The Labute approximate surface area is 153 Å². The van der Waals surface area contributed by atoms with Gasteiger partial charge in [-0.1, -0.05) is 23.2 Å². The summed E-state index contributed by atoms with van der Waals surface area (Å²) in [6.45, 7) is 2.98. The van der Waals surface area contributed by atoms with Gasteiger partial charge in [-0.2, -0.15) is 0 Å². The number of nitrogens with zero attached hydrogens (tertiary/aromatic N) is 2. The molecule has 1 aromatic heterocycles. The van der Waals surface area contributed by atoms with Gasteiger partial charge in [-0.05, 0) is 25.1 Å². The van der Waals surface area contributed by atoms with Crippen LogP contribution in [0.15, 0.2) is 23.6 Å². The van der Waals surface area contributed by atoms with Crippen LogP contribution < -0.4 is 5.32 Å². The Kier molecular flexibility index (Phi) is 5.08. The highest BCUT2D eigenvalue weighted by atomic mass is 35.5. The van der Waals surface area contributed by atoms with Gasteiger partial charge in [0.15, 0.2) is 5.13 Å². The molecule has 1 aromatic carbocycles. The minimum atomic E-state index is -0.334. The van der Waals surface area contributed by atoms with Crippen molar-refractivity contribution < 1.29 is 9.59 Å². The molecule has 24 heavy (non-hydrogen) atoms. The average Bonchev–Trinajstić information content (AvgIpc) is 3.16. The lowest BCUT2D eigenvalue weighted by atomic mass is 10.1. The number of thiazole rings is 1. The zero-order valence-corrected chi connectivity index (χ0v) is 15.2. The Hall–Kier alpha value is -1.63. The lowest BCUT2D eigenvalue weighted by Gasteiger charge is -2.12. The van der Waals surface area contributed by atoms with E-state index in [-0.39, 0.29) is 24.2 Å². The van der Waals surface area contributed by atoms with Crippen LogP contribution >= 0.6 is 34.5 Å². The first-order valence-corrected chi connectivity index (χ1v) is 9.11. The lowest BCUT2D eigenvalue weighted by molar-refractivity contribution is -0.128. The Morgan fingerprint density at radius 2 is 2.25 bits per heavy atom. The number of rotatable bonds is 4. The SMILES string of the molecule is CCN1CC(C(=O)Nc2nc(-c3cc(Cl)ccc3Cl)cs2)CC1=O. The molecular formula is C16H15Cl2N3O2S. The molecule has 1 N–H and O–H groups in total. The maximum Gasteiger partial charge on any atom is 0.231 e. The van der Waals surface area contributed by atoms with Gasteiger partial charge in [-0.25, -0.2) is 4.98 Å². The molecule has 1 saturated heterocycles. The second-order valence-corrected chi connectivity index (χ2v) is 7.19. The first kappa shape index (κ1) is 17.2. The second kappa shape index (κ2) is 7.09.